The number of carboxylic acid groups (broad SMARTS) is 1. The Hall–Kier alpha value is -1.49. The van der Waals surface area contributed by atoms with E-state index in [0.29, 0.717) is 0 Å². The number of carbonyl (C=O) groups is 2. The van der Waals surface area contributed by atoms with E-state index in [2.05, 4.69) is 5.32 Å². The molecule has 21 heavy (non-hydrogen) atoms. The van der Waals surface area contributed by atoms with Crippen molar-refractivity contribution in [1.82, 2.24) is 5.32 Å². The minimum atomic E-state index is -3.87. The lowest BCUT2D eigenvalue weighted by Crippen LogP contribution is -2.50. The number of sulfonamides is 1. The monoisotopic (exact) mass is 336 g/mol. The number of hydrogen-bond donors (Lipinski definition) is 3. The summed E-state index contributed by atoms with van der Waals surface area (Å²) in [7, 11) is -2.48. The van der Waals surface area contributed by atoms with Gasteiger partial charge in [0, 0.05) is 12.5 Å². The number of carboxylic acids is 1. The fourth-order valence-electron chi connectivity index (χ4n) is 1.71. The van der Waals surface area contributed by atoms with Gasteiger partial charge in [-0.15, -0.1) is 11.3 Å². The molecule has 0 saturated heterocycles. The van der Waals surface area contributed by atoms with Crippen molar-refractivity contribution in [2.45, 2.75) is 23.1 Å². The van der Waals surface area contributed by atoms with Crippen molar-refractivity contribution in [2.75, 3.05) is 13.7 Å². The zero-order valence-electron chi connectivity index (χ0n) is 11.5. The Bertz CT molecular complexity index is 639. The van der Waals surface area contributed by atoms with Gasteiger partial charge >= 0.3 is 5.97 Å². The van der Waals surface area contributed by atoms with E-state index in [1.165, 1.54) is 19.4 Å². The second kappa shape index (κ2) is 6.52. The molecule has 0 spiro atoms. The largest absolute Gasteiger partial charge is 0.481 e. The average molecular weight is 336 g/mol. The topological polar surface area (TPSA) is 136 Å². The number of hydrogen-bond acceptors (Lipinski definition) is 6. The first-order valence-electron chi connectivity index (χ1n) is 5.72. The van der Waals surface area contributed by atoms with Crippen molar-refractivity contribution < 1.29 is 27.9 Å². The van der Waals surface area contributed by atoms with Gasteiger partial charge in [0.25, 0.3) is 5.91 Å². The molecule has 10 heteroatoms. The molecule has 0 bridgehead atoms. The van der Waals surface area contributed by atoms with Gasteiger partial charge in [0.1, 0.15) is 4.21 Å². The van der Waals surface area contributed by atoms with E-state index >= 15 is 0 Å². The molecule has 1 amide bonds. The Morgan fingerprint density at radius 2 is 2.14 bits per heavy atom. The predicted octanol–water partition coefficient (Wildman–Crippen LogP) is 0.00510. The molecule has 1 aromatic heterocycles. The van der Waals surface area contributed by atoms with Crippen LogP contribution < -0.4 is 10.5 Å². The first-order chi connectivity index (χ1) is 9.57. The van der Waals surface area contributed by atoms with Gasteiger partial charge < -0.3 is 15.2 Å². The van der Waals surface area contributed by atoms with Gasteiger partial charge in [-0.05, 0) is 13.0 Å². The molecule has 0 aromatic carbocycles. The molecule has 1 aromatic rings. The van der Waals surface area contributed by atoms with Crippen LogP contribution in [-0.2, 0) is 19.6 Å². The summed E-state index contributed by atoms with van der Waals surface area (Å²) in [5.74, 6) is -1.69. The van der Waals surface area contributed by atoms with Gasteiger partial charge in [0.15, 0.2) is 0 Å². The van der Waals surface area contributed by atoms with Gasteiger partial charge in [-0.25, -0.2) is 13.6 Å². The predicted molar refractivity (Wildman–Crippen MR) is 75.7 cm³/mol. The molecule has 8 nitrogen and oxygen atoms in total. The highest BCUT2D eigenvalue weighted by atomic mass is 32.2. The molecule has 0 radical (unpaired) electrons. The zero-order valence-corrected chi connectivity index (χ0v) is 13.1. The summed E-state index contributed by atoms with van der Waals surface area (Å²) in [6.07, 6.45) is -0.335. The maximum Gasteiger partial charge on any atom is 0.305 e. The average Bonchev–Trinajstić information content (AvgIpc) is 2.75. The number of aliphatic carboxylic acids is 1. The standard InChI is InChI=1S/C11H16N2O6S2/c1-11(6-19-2,4-8(14)15)13-10(16)7-3-9(20-5-7)21(12,17)18/h3,5H,4,6H2,1-2H3,(H,13,16)(H,14,15)(H2,12,17,18). The summed E-state index contributed by atoms with van der Waals surface area (Å²) < 4.78 is 27.1. The van der Waals surface area contributed by atoms with Crippen LogP contribution in [0.25, 0.3) is 0 Å². The maximum atomic E-state index is 12.1. The van der Waals surface area contributed by atoms with E-state index in [0.717, 1.165) is 17.4 Å². The second-order valence-corrected chi connectivity index (χ2v) is 7.42. The van der Waals surface area contributed by atoms with Crippen LogP contribution in [0.2, 0.25) is 0 Å². The minimum Gasteiger partial charge on any atom is -0.481 e. The lowest BCUT2D eigenvalue weighted by molar-refractivity contribution is -0.139. The van der Waals surface area contributed by atoms with Crippen LogP contribution in [0.5, 0.6) is 0 Å². The van der Waals surface area contributed by atoms with Crippen LogP contribution in [0.15, 0.2) is 15.7 Å². The molecule has 0 saturated carbocycles. The summed E-state index contributed by atoms with van der Waals surface area (Å²) in [5, 5.41) is 17.7. The van der Waals surface area contributed by atoms with Crippen molar-refractivity contribution >= 4 is 33.2 Å². The molecule has 0 fully saturated rings. The number of methoxy groups -OCH3 is 1. The van der Waals surface area contributed by atoms with Crippen LogP contribution in [-0.4, -0.2) is 44.7 Å². The molecule has 1 rings (SSSR count). The molecular weight excluding hydrogens is 320 g/mol. The van der Waals surface area contributed by atoms with Gasteiger partial charge in [0.2, 0.25) is 10.0 Å². The highest BCUT2D eigenvalue weighted by Crippen LogP contribution is 2.20. The van der Waals surface area contributed by atoms with Gasteiger partial charge in [-0.2, -0.15) is 0 Å². The molecular formula is C11H16N2O6S2. The van der Waals surface area contributed by atoms with E-state index in [1.54, 1.807) is 0 Å². The lowest BCUT2D eigenvalue weighted by Gasteiger charge is -2.28. The van der Waals surface area contributed by atoms with E-state index < -0.39 is 27.4 Å². The fourth-order valence-corrected chi connectivity index (χ4v) is 3.30. The van der Waals surface area contributed by atoms with Crippen LogP contribution in [0.4, 0.5) is 0 Å². The van der Waals surface area contributed by atoms with Crippen molar-refractivity contribution in [3.8, 4) is 0 Å². The molecule has 1 unspecified atom stereocenters. The summed E-state index contributed by atoms with van der Waals surface area (Å²) in [6, 6.07) is 1.14. The number of thiophene rings is 1. The Morgan fingerprint density at radius 3 is 2.57 bits per heavy atom. The third kappa shape index (κ3) is 5.08. The van der Waals surface area contributed by atoms with E-state index in [-0.39, 0.29) is 22.8 Å². The number of primary sulfonamides is 1. The van der Waals surface area contributed by atoms with Crippen molar-refractivity contribution in [2.24, 2.45) is 5.14 Å². The quantitative estimate of drug-likeness (QED) is 0.641. The van der Waals surface area contributed by atoms with Gasteiger partial charge in [0.05, 0.1) is 24.1 Å². The Kier molecular flexibility index (Phi) is 5.45. The SMILES string of the molecule is COCC(C)(CC(=O)O)NC(=O)c1csc(S(N)(=O)=O)c1. The second-order valence-electron chi connectivity index (χ2n) is 4.72. The van der Waals surface area contributed by atoms with Crippen molar-refractivity contribution in [3.63, 3.8) is 0 Å². The van der Waals surface area contributed by atoms with Crippen molar-refractivity contribution in [1.29, 1.82) is 0 Å². The Morgan fingerprint density at radius 1 is 1.52 bits per heavy atom. The minimum absolute atomic E-state index is 0.00276. The highest BCUT2D eigenvalue weighted by Gasteiger charge is 2.30. The molecule has 1 atom stereocenters. The van der Waals surface area contributed by atoms with E-state index in [1.807, 2.05) is 0 Å². The normalized spacial score (nSPS) is 14.4. The molecule has 0 aliphatic carbocycles. The number of nitrogens with two attached hydrogens (primary N) is 1. The Labute approximate surface area is 126 Å². The van der Waals surface area contributed by atoms with Gasteiger partial charge in [-0.3, -0.25) is 9.59 Å². The number of nitrogens with one attached hydrogen (secondary N) is 1. The highest BCUT2D eigenvalue weighted by molar-refractivity contribution is 7.91. The summed E-state index contributed by atoms with van der Waals surface area (Å²) >= 11 is 0.817. The van der Waals surface area contributed by atoms with E-state index in [9.17, 15) is 18.0 Å². The molecule has 0 aliphatic rings. The zero-order chi connectivity index (χ0) is 16.3. The van der Waals surface area contributed by atoms with Gasteiger partial charge in [-0.1, -0.05) is 0 Å². The van der Waals surface area contributed by atoms with Crippen LogP contribution in [0, 0.1) is 0 Å². The smallest absolute Gasteiger partial charge is 0.305 e. The number of rotatable bonds is 7. The van der Waals surface area contributed by atoms with E-state index in [4.69, 9.17) is 15.0 Å². The van der Waals surface area contributed by atoms with Crippen molar-refractivity contribution in [3.05, 3.63) is 17.0 Å². The number of amides is 1. The molecule has 4 N–H and O–H groups in total. The number of ether oxygens (including phenoxy) is 1. The molecule has 0 aliphatic heterocycles. The maximum absolute atomic E-state index is 12.1. The Balaban J connectivity index is 2.92. The summed E-state index contributed by atoms with van der Waals surface area (Å²) in [6.45, 7) is 1.52. The van der Waals surface area contributed by atoms with Crippen LogP contribution >= 0.6 is 11.3 Å². The first-order valence-corrected chi connectivity index (χ1v) is 8.14. The third-order valence-electron chi connectivity index (χ3n) is 2.54. The van der Waals surface area contributed by atoms with Crippen LogP contribution in [0.3, 0.4) is 0 Å². The lowest BCUT2D eigenvalue weighted by atomic mass is 9.98. The summed E-state index contributed by atoms with van der Waals surface area (Å²) in [5.41, 5.74) is -1.02. The fraction of sp³-hybridized carbons (Fsp3) is 0.455. The van der Waals surface area contributed by atoms with Crippen LogP contribution in [0.1, 0.15) is 23.7 Å². The first kappa shape index (κ1) is 17.6. The molecule has 118 valence electrons. The third-order valence-corrected chi connectivity index (χ3v) is 4.92. The number of carbonyl (C=O) groups excluding carboxylic acids is 1. The molecule has 1 heterocycles. The summed E-state index contributed by atoms with van der Waals surface area (Å²) in [4.78, 5) is 22.9.